The molecule has 0 aliphatic heterocycles. The number of thioether (sulfide) groups is 1. The molecule has 7 heteroatoms. The molecule has 0 N–H and O–H groups in total. The van der Waals surface area contributed by atoms with Crippen LogP contribution in [0, 0.1) is 17.0 Å². The van der Waals surface area contributed by atoms with E-state index in [9.17, 15) is 19.7 Å². The van der Waals surface area contributed by atoms with Crippen molar-refractivity contribution in [1.29, 1.82) is 0 Å². The van der Waals surface area contributed by atoms with Crippen molar-refractivity contribution >= 4 is 34.6 Å². The van der Waals surface area contributed by atoms with Crippen molar-refractivity contribution in [3.8, 4) is 0 Å². The third-order valence-corrected chi connectivity index (χ3v) is 3.75. The van der Waals surface area contributed by atoms with Crippen molar-refractivity contribution < 1.29 is 19.2 Å². The fraction of sp³-hybridized carbons (Fsp3) is 0.333. The van der Waals surface area contributed by atoms with Gasteiger partial charge in [0.2, 0.25) is 0 Å². The first-order valence-electron chi connectivity index (χ1n) is 6.54. The number of carbonyl (C=O) groups is 2. The van der Waals surface area contributed by atoms with Crippen molar-refractivity contribution in [2.24, 2.45) is 0 Å². The van der Waals surface area contributed by atoms with Crippen LogP contribution >= 0.6 is 11.8 Å². The number of allylic oxidation sites excluding steroid dienone is 1. The van der Waals surface area contributed by atoms with Gasteiger partial charge in [0.1, 0.15) is 0 Å². The lowest BCUT2D eigenvalue weighted by atomic mass is 10.0. The Labute approximate surface area is 132 Å². The highest BCUT2D eigenvalue weighted by Crippen LogP contribution is 2.25. The summed E-state index contributed by atoms with van der Waals surface area (Å²) in [6.07, 6.45) is 4.16. The van der Waals surface area contributed by atoms with E-state index in [0.29, 0.717) is 17.7 Å². The van der Waals surface area contributed by atoms with Crippen LogP contribution in [0.25, 0.3) is 6.08 Å². The van der Waals surface area contributed by atoms with Crippen LogP contribution in [0.2, 0.25) is 0 Å². The second kappa shape index (κ2) is 8.33. The van der Waals surface area contributed by atoms with Gasteiger partial charge in [0, 0.05) is 24.3 Å². The number of carbonyl (C=O) groups excluding carboxylic acids is 2. The molecule has 0 heterocycles. The van der Waals surface area contributed by atoms with E-state index < -0.39 is 10.9 Å². The summed E-state index contributed by atoms with van der Waals surface area (Å²) in [4.78, 5) is 33.1. The number of hydrogen-bond acceptors (Lipinski definition) is 6. The number of rotatable bonds is 6. The molecule has 1 rings (SSSR count). The lowest BCUT2D eigenvalue weighted by molar-refractivity contribution is -0.385. The average Bonchev–Trinajstić information content (AvgIpc) is 2.46. The molecule has 1 aromatic carbocycles. The summed E-state index contributed by atoms with van der Waals surface area (Å²) in [7, 11) is 1.23. The average molecular weight is 323 g/mol. The molecule has 0 spiro atoms. The molecule has 0 aromatic heterocycles. The van der Waals surface area contributed by atoms with E-state index >= 15 is 0 Å². The van der Waals surface area contributed by atoms with Crippen LogP contribution in [0.15, 0.2) is 18.2 Å². The highest BCUT2D eigenvalue weighted by Gasteiger charge is 2.20. The fourth-order valence-corrected chi connectivity index (χ4v) is 2.36. The summed E-state index contributed by atoms with van der Waals surface area (Å²) >= 11 is 1.22. The lowest BCUT2D eigenvalue weighted by Gasteiger charge is -2.06. The Kier molecular flexibility index (Phi) is 6.78. The molecule has 22 heavy (non-hydrogen) atoms. The zero-order valence-electron chi connectivity index (χ0n) is 12.6. The third kappa shape index (κ3) is 5.00. The van der Waals surface area contributed by atoms with Crippen molar-refractivity contribution in [2.45, 2.75) is 20.3 Å². The standard InChI is InChI=1S/C15H17NO5S/c1-10-13(15(18)21-3)8-12(9-14(10)16(19)20)6-4-5-7-22-11(2)17/h4,6,8-9H,5,7H2,1-3H3. The Balaban J connectivity index is 3.02. The summed E-state index contributed by atoms with van der Waals surface area (Å²) in [6, 6.07) is 2.97. The van der Waals surface area contributed by atoms with Gasteiger partial charge in [0.15, 0.2) is 5.12 Å². The van der Waals surface area contributed by atoms with Crippen molar-refractivity contribution in [3.63, 3.8) is 0 Å². The van der Waals surface area contributed by atoms with Crippen molar-refractivity contribution in [2.75, 3.05) is 12.9 Å². The first-order chi connectivity index (χ1) is 10.4. The second-order valence-electron chi connectivity index (χ2n) is 4.49. The van der Waals surface area contributed by atoms with Crippen LogP contribution in [-0.4, -0.2) is 28.9 Å². The largest absolute Gasteiger partial charge is 0.465 e. The van der Waals surface area contributed by atoms with Gasteiger partial charge in [-0.2, -0.15) is 0 Å². The maximum Gasteiger partial charge on any atom is 0.338 e. The van der Waals surface area contributed by atoms with E-state index in [2.05, 4.69) is 4.74 Å². The minimum Gasteiger partial charge on any atom is -0.465 e. The number of nitro groups is 1. The molecule has 0 unspecified atom stereocenters. The minimum absolute atomic E-state index is 0.0485. The maximum atomic E-state index is 11.7. The van der Waals surface area contributed by atoms with Gasteiger partial charge in [-0.05, 0) is 25.0 Å². The van der Waals surface area contributed by atoms with Gasteiger partial charge in [0.25, 0.3) is 5.69 Å². The van der Waals surface area contributed by atoms with Crippen LogP contribution < -0.4 is 0 Å². The molecule has 6 nitrogen and oxygen atoms in total. The zero-order chi connectivity index (χ0) is 16.7. The molecule has 0 fully saturated rings. The number of benzene rings is 1. The Morgan fingerprint density at radius 1 is 1.41 bits per heavy atom. The molecule has 1 aromatic rings. The van der Waals surface area contributed by atoms with Crippen LogP contribution in [0.5, 0.6) is 0 Å². The van der Waals surface area contributed by atoms with E-state index in [4.69, 9.17) is 0 Å². The topological polar surface area (TPSA) is 86.5 Å². The Morgan fingerprint density at radius 2 is 2.09 bits per heavy atom. The fourth-order valence-electron chi connectivity index (χ4n) is 1.82. The summed E-state index contributed by atoms with van der Waals surface area (Å²) in [5.41, 5.74) is 0.877. The van der Waals surface area contributed by atoms with Crippen LogP contribution in [0.1, 0.15) is 34.8 Å². The number of ether oxygens (including phenoxy) is 1. The first kappa shape index (κ1) is 17.9. The van der Waals surface area contributed by atoms with Gasteiger partial charge in [-0.3, -0.25) is 14.9 Å². The highest BCUT2D eigenvalue weighted by molar-refractivity contribution is 8.13. The van der Waals surface area contributed by atoms with Crippen molar-refractivity contribution in [1.82, 2.24) is 0 Å². The van der Waals surface area contributed by atoms with E-state index in [0.717, 1.165) is 0 Å². The maximum absolute atomic E-state index is 11.7. The SMILES string of the molecule is COC(=O)c1cc(C=CCCSC(C)=O)cc([N+](=O)[O-])c1C. The van der Waals surface area contributed by atoms with Gasteiger partial charge in [-0.1, -0.05) is 23.9 Å². The summed E-state index contributed by atoms with van der Waals surface area (Å²) in [5, 5.41) is 11.1. The summed E-state index contributed by atoms with van der Waals surface area (Å²) in [6.45, 7) is 3.02. The quantitative estimate of drug-likeness (QED) is 0.345. The van der Waals surface area contributed by atoms with Gasteiger partial charge in [0.05, 0.1) is 17.6 Å². The molecule has 0 bridgehead atoms. The molecule has 0 radical (unpaired) electrons. The Bertz CT molecular complexity index is 625. The monoisotopic (exact) mass is 323 g/mol. The van der Waals surface area contributed by atoms with Crippen LogP contribution in [-0.2, 0) is 9.53 Å². The zero-order valence-corrected chi connectivity index (χ0v) is 13.4. The summed E-state index contributed by atoms with van der Waals surface area (Å²) in [5.74, 6) is 0.0342. The van der Waals surface area contributed by atoms with Gasteiger partial charge < -0.3 is 4.74 Å². The van der Waals surface area contributed by atoms with Crippen molar-refractivity contribution in [3.05, 3.63) is 45.0 Å². The van der Waals surface area contributed by atoms with Gasteiger partial charge in [-0.15, -0.1) is 0 Å². The van der Waals surface area contributed by atoms with E-state index in [1.54, 1.807) is 12.1 Å². The Hall–Kier alpha value is -2.15. The molecule has 0 amide bonds. The van der Waals surface area contributed by atoms with Crippen LogP contribution in [0.3, 0.4) is 0 Å². The number of methoxy groups -OCH3 is 1. The molecule has 118 valence electrons. The predicted molar refractivity (Wildman–Crippen MR) is 86.0 cm³/mol. The minimum atomic E-state index is -0.608. The predicted octanol–water partition coefficient (Wildman–Crippen LogP) is 3.37. The molecule has 0 atom stereocenters. The number of nitro benzene ring substituents is 1. The lowest BCUT2D eigenvalue weighted by Crippen LogP contribution is -2.06. The smallest absolute Gasteiger partial charge is 0.338 e. The highest BCUT2D eigenvalue weighted by atomic mass is 32.2. The summed E-state index contributed by atoms with van der Waals surface area (Å²) < 4.78 is 4.65. The normalized spacial score (nSPS) is 10.7. The number of hydrogen-bond donors (Lipinski definition) is 0. The second-order valence-corrected chi connectivity index (χ2v) is 5.76. The first-order valence-corrected chi connectivity index (χ1v) is 7.52. The molecule has 0 aliphatic rings. The molecule has 0 saturated heterocycles. The molecular weight excluding hydrogens is 306 g/mol. The Morgan fingerprint density at radius 3 is 2.64 bits per heavy atom. The van der Waals surface area contributed by atoms with E-state index in [-0.39, 0.29) is 21.9 Å². The number of nitrogens with zero attached hydrogens (tertiary/aromatic N) is 1. The van der Waals surface area contributed by atoms with Gasteiger partial charge in [-0.25, -0.2) is 4.79 Å². The third-order valence-electron chi connectivity index (χ3n) is 2.90. The van der Waals surface area contributed by atoms with Gasteiger partial charge >= 0.3 is 5.97 Å². The molecule has 0 aliphatic carbocycles. The van der Waals surface area contributed by atoms with E-state index in [1.807, 2.05) is 6.08 Å². The molecule has 0 saturated carbocycles. The van der Waals surface area contributed by atoms with Crippen LogP contribution in [0.4, 0.5) is 5.69 Å². The molecular formula is C15H17NO5S. The number of esters is 1. The van der Waals surface area contributed by atoms with E-state index in [1.165, 1.54) is 38.8 Å².